The van der Waals surface area contributed by atoms with Crippen molar-refractivity contribution < 1.29 is 37.7 Å². The van der Waals surface area contributed by atoms with Crippen LogP contribution in [0.25, 0.3) is 0 Å². The summed E-state index contributed by atoms with van der Waals surface area (Å²) in [4.78, 5) is 38.6. The van der Waals surface area contributed by atoms with Gasteiger partial charge in [0.25, 0.3) is 0 Å². The van der Waals surface area contributed by atoms with Crippen LogP contribution >= 0.6 is 0 Å². The van der Waals surface area contributed by atoms with Gasteiger partial charge in [-0.2, -0.15) is 0 Å². The molecule has 1 rings (SSSR count). The largest absolute Gasteiger partial charge is 0.491 e. The summed E-state index contributed by atoms with van der Waals surface area (Å²) in [5.41, 5.74) is -0.470. The van der Waals surface area contributed by atoms with Crippen LogP contribution in [0.3, 0.4) is 0 Å². The Morgan fingerprint density at radius 2 is 1.58 bits per heavy atom. The minimum Gasteiger partial charge on any atom is -0.491 e. The molecule has 0 aromatic heterocycles. The molecule has 0 heterocycles. The second-order valence-corrected chi connectivity index (χ2v) is 11.1. The summed E-state index contributed by atoms with van der Waals surface area (Å²) in [7, 11) is 0. The average molecular weight is 538 g/mol. The van der Waals surface area contributed by atoms with Gasteiger partial charge in [-0.15, -0.1) is 0 Å². The first kappa shape index (κ1) is 32.9. The molecule has 0 aliphatic carbocycles. The number of nitrogens with one attached hydrogen (secondary N) is 1. The molecule has 0 radical (unpaired) electrons. The van der Waals surface area contributed by atoms with E-state index in [0.717, 1.165) is 5.56 Å². The summed E-state index contributed by atoms with van der Waals surface area (Å²) >= 11 is 0. The molecule has 2 atom stereocenters. The van der Waals surface area contributed by atoms with Crippen molar-refractivity contribution in [3.8, 4) is 5.75 Å². The molecule has 1 aromatic carbocycles. The van der Waals surface area contributed by atoms with Crippen LogP contribution in [0.2, 0.25) is 0 Å². The van der Waals surface area contributed by atoms with Crippen molar-refractivity contribution in [3.63, 3.8) is 0 Å². The van der Waals surface area contributed by atoms with Crippen LogP contribution in [0.5, 0.6) is 5.75 Å². The Balaban J connectivity index is 3.03. The Morgan fingerprint density at radius 1 is 0.974 bits per heavy atom. The van der Waals surface area contributed by atoms with Gasteiger partial charge >= 0.3 is 18.0 Å². The van der Waals surface area contributed by atoms with E-state index in [4.69, 9.17) is 18.9 Å². The fourth-order valence-corrected chi connectivity index (χ4v) is 3.42. The van der Waals surface area contributed by atoms with Crippen LogP contribution in [0.15, 0.2) is 36.1 Å². The van der Waals surface area contributed by atoms with E-state index < -0.39 is 47.9 Å². The molecule has 0 saturated carbocycles. The highest BCUT2D eigenvalue weighted by Crippen LogP contribution is 2.23. The van der Waals surface area contributed by atoms with Crippen molar-refractivity contribution in [2.24, 2.45) is 5.92 Å². The quantitative estimate of drug-likeness (QED) is 0.185. The van der Waals surface area contributed by atoms with E-state index >= 15 is 0 Å². The lowest BCUT2D eigenvalue weighted by Gasteiger charge is -2.27. The van der Waals surface area contributed by atoms with Gasteiger partial charge in [0.1, 0.15) is 42.0 Å². The maximum Gasteiger partial charge on any atom is 0.408 e. The summed E-state index contributed by atoms with van der Waals surface area (Å²) in [5.74, 6) is -0.870. The third-order valence-corrected chi connectivity index (χ3v) is 5.19. The maximum absolute atomic E-state index is 13.1. The van der Waals surface area contributed by atoms with Crippen LogP contribution in [0, 0.1) is 5.92 Å². The Kier molecular flexibility index (Phi) is 13.3. The first-order chi connectivity index (χ1) is 17.6. The van der Waals surface area contributed by atoms with Crippen LogP contribution < -0.4 is 10.1 Å². The second-order valence-electron chi connectivity index (χ2n) is 11.1. The predicted octanol–water partition coefficient (Wildman–Crippen LogP) is 6.07. The molecule has 0 saturated heterocycles. The lowest BCUT2D eigenvalue weighted by molar-refractivity contribution is -0.161. The van der Waals surface area contributed by atoms with Crippen molar-refractivity contribution in [2.45, 2.75) is 98.3 Å². The first-order valence-electron chi connectivity index (χ1n) is 13.0. The third kappa shape index (κ3) is 14.0. The van der Waals surface area contributed by atoms with Gasteiger partial charge in [-0.1, -0.05) is 12.1 Å². The number of allylic oxidation sites excluding steroid dienone is 2. The standard InChI is InChI=1S/C29H44FNO7/c1-9-20(2)36-26(33)24(31-27(34)38-29(6,7)8)19-22(25(32)37-28(3,4)5)12-10-11-21-13-15-23(16-14-21)35-18-17-30/h9,13-16,22,24H,10-12,17-19H2,1-8H3,(H,31,34)/b20-9+/t22-,24-/m0/s1. The molecule has 1 aromatic rings. The number of rotatable bonds is 13. The van der Waals surface area contributed by atoms with Crippen LogP contribution in [-0.2, 0) is 30.2 Å². The van der Waals surface area contributed by atoms with Gasteiger partial charge in [0, 0.05) is 0 Å². The molecule has 0 aliphatic heterocycles. The minimum absolute atomic E-state index is 0.00538. The lowest BCUT2D eigenvalue weighted by Crippen LogP contribution is -2.46. The number of ether oxygens (including phenoxy) is 4. The van der Waals surface area contributed by atoms with Crippen LogP contribution in [-0.4, -0.2) is 48.6 Å². The smallest absolute Gasteiger partial charge is 0.408 e. The molecule has 38 heavy (non-hydrogen) atoms. The monoisotopic (exact) mass is 537 g/mol. The molecule has 0 bridgehead atoms. The van der Waals surface area contributed by atoms with Gasteiger partial charge in [-0.25, -0.2) is 14.0 Å². The predicted molar refractivity (Wildman–Crippen MR) is 143 cm³/mol. The minimum atomic E-state index is -1.12. The third-order valence-electron chi connectivity index (χ3n) is 5.19. The van der Waals surface area contributed by atoms with Crippen LogP contribution in [0.4, 0.5) is 9.18 Å². The van der Waals surface area contributed by atoms with E-state index in [2.05, 4.69) is 5.32 Å². The Hall–Kier alpha value is -3.10. The maximum atomic E-state index is 13.1. The molecule has 1 amide bonds. The zero-order valence-electron chi connectivity index (χ0n) is 24.0. The molecular weight excluding hydrogens is 493 g/mol. The van der Waals surface area contributed by atoms with E-state index in [-0.39, 0.29) is 13.0 Å². The number of halogens is 1. The molecule has 0 fully saturated rings. The summed E-state index contributed by atoms with van der Waals surface area (Å²) in [6.45, 7) is 13.3. The number of hydrogen-bond acceptors (Lipinski definition) is 7. The number of alkyl halides is 1. The number of carbonyl (C=O) groups excluding carboxylic acids is 3. The fourth-order valence-electron chi connectivity index (χ4n) is 3.42. The van der Waals surface area contributed by atoms with Crippen molar-refractivity contribution in [1.29, 1.82) is 0 Å². The van der Waals surface area contributed by atoms with Crippen molar-refractivity contribution >= 4 is 18.0 Å². The number of benzene rings is 1. The Labute approximate surface area is 226 Å². The van der Waals surface area contributed by atoms with Gasteiger partial charge in [0.15, 0.2) is 0 Å². The molecular formula is C29H44FNO7. The molecule has 0 aliphatic rings. The van der Waals surface area contributed by atoms with Gasteiger partial charge in [0.2, 0.25) is 0 Å². The SMILES string of the molecule is C/C=C(\C)OC(=O)[C@H](C[C@H](CCCc1ccc(OCCF)cc1)C(=O)OC(C)(C)C)NC(=O)OC(C)(C)C. The number of alkyl carbamates (subject to hydrolysis) is 1. The molecule has 9 heteroatoms. The van der Waals surface area contributed by atoms with E-state index in [1.54, 1.807) is 73.6 Å². The van der Waals surface area contributed by atoms with E-state index in [1.165, 1.54) is 0 Å². The highest BCUT2D eigenvalue weighted by Gasteiger charge is 2.33. The van der Waals surface area contributed by atoms with Crippen LogP contribution in [0.1, 0.15) is 80.2 Å². The number of amides is 1. The van der Waals surface area contributed by atoms with Crippen molar-refractivity contribution in [3.05, 3.63) is 41.7 Å². The summed E-state index contributed by atoms with van der Waals surface area (Å²) < 4.78 is 33.9. The molecule has 0 unspecified atom stereocenters. The zero-order valence-corrected chi connectivity index (χ0v) is 24.0. The number of esters is 2. The number of aryl methyl sites for hydroxylation is 1. The second kappa shape index (κ2) is 15.3. The fraction of sp³-hybridized carbons (Fsp3) is 0.621. The number of carbonyl (C=O) groups is 3. The topological polar surface area (TPSA) is 100 Å². The summed E-state index contributed by atoms with van der Waals surface area (Å²) in [5, 5.41) is 2.57. The highest BCUT2D eigenvalue weighted by atomic mass is 19.1. The molecule has 0 spiro atoms. The van der Waals surface area contributed by atoms with E-state index in [1.807, 2.05) is 12.1 Å². The van der Waals surface area contributed by atoms with E-state index in [0.29, 0.717) is 30.8 Å². The number of hydrogen-bond donors (Lipinski definition) is 1. The van der Waals surface area contributed by atoms with Gasteiger partial charge in [-0.3, -0.25) is 4.79 Å². The Morgan fingerprint density at radius 3 is 2.11 bits per heavy atom. The molecule has 214 valence electrons. The average Bonchev–Trinajstić information content (AvgIpc) is 2.79. The van der Waals surface area contributed by atoms with Gasteiger partial charge in [-0.05, 0) is 105 Å². The summed E-state index contributed by atoms with van der Waals surface area (Å²) in [6.07, 6.45) is 2.53. The van der Waals surface area contributed by atoms with Gasteiger partial charge in [0.05, 0.1) is 5.92 Å². The summed E-state index contributed by atoms with van der Waals surface area (Å²) in [6, 6.07) is 6.21. The molecule has 8 nitrogen and oxygen atoms in total. The van der Waals surface area contributed by atoms with Crippen molar-refractivity contribution in [2.75, 3.05) is 13.3 Å². The van der Waals surface area contributed by atoms with Crippen molar-refractivity contribution in [1.82, 2.24) is 5.32 Å². The lowest BCUT2D eigenvalue weighted by atomic mass is 9.92. The highest BCUT2D eigenvalue weighted by molar-refractivity contribution is 5.83. The first-order valence-corrected chi connectivity index (χ1v) is 13.0. The van der Waals surface area contributed by atoms with E-state index in [9.17, 15) is 18.8 Å². The van der Waals surface area contributed by atoms with Gasteiger partial charge < -0.3 is 24.3 Å². The zero-order chi connectivity index (χ0) is 28.9. The normalized spacial score (nSPS) is 13.8. The Bertz CT molecular complexity index is 930. The molecule has 1 N–H and O–H groups in total.